The first-order valence-electron chi connectivity index (χ1n) is 14.8. The number of benzene rings is 2. The molecular weight excluding hydrogens is 496 g/mol. The normalized spacial score (nSPS) is 18.1. The molecule has 1 aliphatic carbocycles. The predicted molar refractivity (Wildman–Crippen MR) is 161 cm³/mol. The Morgan fingerprint density at radius 3 is 2.60 bits per heavy atom. The van der Waals surface area contributed by atoms with Crippen molar-refractivity contribution in [2.45, 2.75) is 66.2 Å². The summed E-state index contributed by atoms with van der Waals surface area (Å²) >= 11 is 0. The number of hydrogen-bond acceptors (Lipinski definition) is 4. The van der Waals surface area contributed by atoms with E-state index in [1.807, 2.05) is 12.1 Å². The van der Waals surface area contributed by atoms with Gasteiger partial charge in [-0.15, -0.1) is 0 Å². The lowest BCUT2D eigenvalue weighted by Crippen LogP contribution is -2.24. The van der Waals surface area contributed by atoms with Crippen LogP contribution in [0.25, 0.3) is 22.4 Å². The first-order valence-corrected chi connectivity index (χ1v) is 14.8. The number of imidazole rings is 1. The number of hydrogen-bond donors (Lipinski definition) is 2. The number of nitrogens with zero attached hydrogens (tertiary/aromatic N) is 2. The third-order valence-corrected chi connectivity index (χ3v) is 9.14. The molecule has 0 radical (unpaired) electrons. The van der Waals surface area contributed by atoms with Crippen LogP contribution in [0, 0.1) is 32.6 Å². The Bertz CT molecular complexity index is 1640. The van der Waals surface area contributed by atoms with E-state index in [1.165, 1.54) is 35.1 Å². The first kappa shape index (κ1) is 26.7. The van der Waals surface area contributed by atoms with Gasteiger partial charge >= 0.3 is 0 Å². The van der Waals surface area contributed by atoms with Gasteiger partial charge in [-0.2, -0.15) is 0 Å². The Morgan fingerprint density at radius 2 is 1.80 bits per heavy atom. The molecule has 2 aromatic heterocycles. The van der Waals surface area contributed by atoms with Crippen molar-refractivity contribution < 1.29 is 4.79 Å². The van der Waals surface area contributed by atoms with Gasteiger partial charge in [-0.3, -0.25) is 9.59 Å². The summed E-state index contributed by atoms with van der Waals surface area (Å²) in [6.45, 7) is 12.1. The van der Waals surface area contributed by atoms with Crippen LogP contribution in [0.4, 0.5) is 0 Å². The van der Waals surface area contributed by atoms with Gasteiger partial charge < -0.3 is 14.9 Å². The molecule has 6 heteroatoms. The maximum atomic E-state index is 13.3. The van der Waals surface area contributed by atoms with Crippen molar-refractivity contribution in [2.75, 3.05) is 19.6 Å². The lowest BCUT2D eigenvalue weighted by molar-refractivity contribution is 0.0923. The van der Waals surface area contributed by atoms with Gasteiger partial charge in [0.25, 0.3) is 5.56 Å². The zero-order valence-electron chi connectivity index (χ0n) is 24.2. The highest BCUT2D eigenvalue weighted by atomic mass is 16.1. The monoisotopic (exact) mass is 536 g/mol. The second-order valence-corrected chi connectivity index (χ2v) is 12.3. The van der Waals surface area contributed by atoms with Crippen molar-refractivity contribution >= 4 is 16.8 Å². The fourth-order valence-corrected chi connectivity index (χ4v) is 6.89. The van der Waals surface area contributed by atoms with Gasteiger partial charge in [0.2, 0.25) is 0 Å². The van der Waals surface area contributed by atoms with Gasteiger partial charge in [0, 0.05) is 17.7 Å². The summed E-state index contributed by atoms with van der Waals surface area (Å²) < 4.78 is 0. The molecule has 2 aromatic carbocycles. The number of ketones is 1. The van der Waals surface area contributed by atoms with E-state index in [0.717, 1.165) is 73.0 Å². The van der Waals surface area contributed by atoms with E-state index in [0.29, 0.717) is 17.3 Å². The molecule has 0 bridgehead atoms. The molecule has 0 amide bonds. The quantitative estimate of drug-likeness (QED) is 0.285. The first-order chi connectivity index (χ1) is 19.3. The summed E-state index contributed by atoms with van der Waals surface area (Å²) in [7, 11) is 0. The SMILES string of the molecule is Cc1cc(C)c(C)c(CC(C)Cc2cc[nH]c(=O)c2-c2nc3cc4c(cc3[nH]2)CC(CCN2CCCC2)C4=O)c1. The lowest BCUT2D eigenvalue weighted by atomic mass is 9.89. The van der Waals surface area contributed by atoms with Crippen molar-refractivity contribution in [3.8, 4) is 11.4 Å². The number of aryl methyl sites for hydroxylation is 2. The topological polar surface area (TPSA) is 81.8 Å². The van der Waals surface area contributed by atoms with E-state index in [9.17, 15) is 9.59 Å². The summed E-state index contributed by atoms with van der Waals surface area (Å²) in [6.07, 6.45) is 7.71. The second-order valence-electron chi connectivity index (χ2n) is 12.3. The van der Waals surface area contributed by atoms with Crippen LogP contribution < -0.4 is 5.56 Å². The van der Waals surface area contributed by atoms with E-state index in [4.69, 9.17) is 4.98 Å². The average Bonchev–Trinajstić information content (AvgIpc) is 3.64. The van der Waals surface area contributed by atoms with Crippen LogP contribution in [0.15, 0.2) is 41.3 Å². The minimum absolute atomic E-state index is 0.0625. The van der Waals surface area contributed by atoms with Crippen molar-refractivity contribution in [1.82, 2.24) is 19.9 Å². The van der Waals surface area contributed by atoms with Crippen LogP contribution in [-0.2, 0) is 19.3 Å². The number of aromatic amines is 2. The number of likely N-dealkylation sites (tertiary alicyclic amines) is 1. The number of pyridine rings is 1. The Labute approximate surface area is 236 Å². The molecular formula is C34H40N4O2. The molecule has 40 heavy (non-hydrogen) atoms. The van der Waals surface area contributed by atoms with E-state index >= 15 is 0 Å². The molecule has 2 aliphatic rings. The van der Waals surface area contributed by atoms with Gasteiger partial charge in [-0.1, -0.05) is 24.6 Å². The van der Waals surface area contributed by atoms with E-state index in [1.54, 1.807) is 6.20 Å². The number of H-pyrrole nitrogens is 2. The van der Waals surface area contributed by atoms with Crippen LogP contribution in [0.1, 0.15) is 69.9 Å². The summed E-state index contributed by atoms with van der Waals surface area (Å²) in [5.41, 5.74) is 10.3. The van der Waals surface area contributed by atoms with Gasteiger partial charge in [-0.25, -0.2) is 4.98 Å². The molecule has 3 heterocycles. The minimum atomic E-state index is -0.142. The van der Waals surface area contributed by atoms with Crippen molar-refractivity contribution in [3.05, 3.63) is 85.8 Å². The number of aromatic nitrogens is 3. The van der Waals surface area contributed by atoms with E-state index in [2.05, 4.69) is 60.8 Å². The predicted octanol–water partition coefficient (Wildman–Crippen LogP) is 6.11. The number of Topliss-reactive ketones (excluding diaryl/α,β-unsaturated/α-hetero) is 1. The third kappa shape index (κ3) is 5.17. The molecule has 0 saturated carbocycles. The molecule has 1 aliphatic heterocycles. The molecule has 2 N–H and O–H groups in total. The standard InChI is InChI=1S/C34H40N4O2/c1-20-13-22(3)23(4)26(15-20)16-21(2)14-24-7-9-35-34(40)31(24)33-36-29-18-27-17-25(8-12-38-10-5-6-11-38)32(39)28(27)19-30(29)37-33/h7,9,13,15,18-19,21,25H,5-6,8,10-12,14,16-17H2,1-4H3,(H,35,40)(H,36,37). The molecule has 2 atom stereocenters. The molecule has 208 valence electrons. The summed E-state index contributed by atoms with van der Waals surface area (Å²) in [5, 5.41) is 0. The number of fused-ring (bicyclic) bond motifs is 2. The molecule has 4 aromatic rings. The highest BCUT2D eigenvalue weighted by Gasteiger charge is 2.32. The van der Waals surface area contributed by atoms with Gasteiger partial charge in [0.05, 0.1) is 16.6 Å². The maximum Gasteiger partial charge on any atom is 0.259 e. The largest absolute Gasteiger partial charge is 0.338 e. The number of nitrogens with one attached hydrogen (secondary N) is 2. The third-order valence-electron chi connectivity index (χ3n) is 9.14. The number of carbonyl (C=O) groups excluding carboxylic acids is 1. The smallest absolute Gasteiger partial charge is 0.259 e. The van der Waals surface area contributed by atoms with Crippen LogP contribution >= 0.6 is 0 Å². The van der Waals surface area contributed by atoms with Crippen LogP contribution in [0.5, 0.6) is 0 Å². The van der Waals surface area contributed by atoms with Crippen LogP contribution in [0.3, 0.4) is 0 Å². The Hall–Kier alpha value is -3.51. The zero-order chi connectivity index (χ0) is 28.0. The number of carbonyl (C=O) groups is 1. The molecule has 2 unspecified atom stereocenters. The molecule has 1 fully saturated rings. The van der Waals surface area contributed by atoms with Crippen molar-refractivity contribution in [1.29, 1.82) is 0 Å². The van der Waals surface area contributed by atoms with Gasteiger partial charge in [-0.05, 0) is 131 Å². The fourth-order valence-electron chi connectivity index (χ4n) is 6.89. The molecule has 1 saturated heterocycles. The summed E-state index contributed by atoms with van der Waals surface area (Å²) in [5.74, 6) is 1.23. The molecule has 6 nitrogen and oxygen atoms in total. The fraction of sp³-hybridized carbons (Fsp3) is 0.441. The highest BCUT2D eigenvalue weighted by molar-refractivity contribution is 6.05. The van der Waals surface area contributed by atoms with E-state index < -0.39 is 0 Å². The Kier molecular flexibility index (Phi) is 7.22. The second kappa shape index (κ2) is 10.8. The zero-order valence-corrected chi connectivity index (χ0v) is 24.2. The molecule has 6 rings (SSSR count). The van der Waals surface area contributed by atoms with Gasteiger partial charge in [0.1, 0.15) is 5.82 Å². The lowest BCUT2D eigenvalue weighted by Gasteiger charge is -2.17. The van der Waals surface area contributed by atoms with Gasteiger partial charge in [0.15, 0.2) is 5.78 Å². The minimum Gasteiger partial charge on any atom is -0.338 e. The highest BCUT2D eigenvalue weighted by Crippen LogP contribution is 2.33. The Balaban J connectivity index is 1.24. The summed E-state index contributed by atoms with van der Waals surface area (Å²) in [6, 6.07) is 10.5. The van der Waals surface area contributed by atoms with Crippen LogP contribution in [-0.4, -0.2) is 45.3 Å². The number of rotatable bonds is 8. The molecule has 0 spiro atoms. The van der Waals surface area contributed by atoms with Crippen LogP contribution in [0.2, 0.25) is 0 Å². The summed E-state index contributed by atoms with van der Waals surface area (Å²) in [4.78, 5) is 40.0. The van der Waals surface area contributed by atoms with Crippen molar-refractivity contribution in [2.24, 2.45) is 11.8 Å². The van der Waals surface area contributed by atoms with E-state index in [-0.39, 0.29) is 17.3 Å². The Morgan fingerprint density at radius 1 is 1.02 bits per heavy atom. The van der Waals surface area contributed by atoms with Crippen molar-refractivity contribution in [3.63, 3.8) is 0 Å². The average molecular weight is 537 g/mol. The maximum absolute atomic E-state index is 13.3.